The van der Waals surface area contributed by atoms with Crippen LogP contribution in [0.3, 0.4) is 0 Å². The fraction of sp³-hybridized carbons (Fsp3) is 0.268. The molecular weight excluding hydrogens is 630 g/mol. The molecule has 4 N–H and O–H groups in total. The van der Waals surface area contributed by atoms with Crippen molar-refractivity contribution in [3.63, 3.8) is 0 Å². The Morgan fingerprint density at radius 2 is 1.64 bits per heavy atom. The molecule has 258 valence electrons. The van der Waals surface area contributed by atoms with E-state index in [1.165, 1.54) is 0 Å². The molecular formula is C41H43N3O6. The van der Waals surface area contributed by atoms with Crippen molar-refractivity contribution in [2.24, 2.45) is 5.92 Å². The molecule has 0 bridgehead atoms. The number of ether oxygens (including phenoxy) is 2. The van der Waals surface area contributed by atoms with Crippen molar-refractivity contribution >= 4 is 5.91 Å². The highest BCUT2D eigenvalue weighted by Crippen LogP contribution is 2.42. The van der Waals surface area contributed by atoms with E-state index in [-0.39, 0.29) is 36.4 Å². The number of nitrogens with zero attached hydrogens (tertiary/aromatic N) is 2. The third-order valence-electron chi connectivity index (χ3n) is 9.15. The number of carbonyl (C=O) groups is 1. The molecule has 0 radical (unpaired) electrons. The summed E-state index contributed by atoms with van der Waals surface area (Å²) in [4.78, 5) is 18.7. The summed E-state index contributed by atoms with van der Waals surface area (Å²) in [5.41, 5.74) is 6.80. The van der Waals surface area contributed by atoms with Crippen molar-refractivity contribution in [1.82, 2.24) is 15.2 Å². The van der Waals surface area contributed by atoms with Gasteiger partial charge in [-0.3, -0.25) is 9.78 Å². The van der Waals surface area contributed by atoms with Crippen LogP contribution in [0.2, 0.25) is 0 Å². The Hall–Kier alpha value is -4.90. The van der Waals surface area contributed by atoms with Crippen molar-refractivity contribution in [1.29, 1.82) is 0 Å². The number of likely N-dealkylation sites (N-methyl/N-ethyl adjacent to an activating group) is 1. The van der Waals surface area contributed by atoms with Crippen LogP contribution in [0.4, 0.5) is 0 Å². The zero-order valence-corrected chi connectivity index (χ0v) is 28.2. The van der Waals surface area contributed by atoms with Crippen molar-refractivity contribution in [3.8, 4) is 16.9 Å². The molecule has 1 fully saturated rings. The summed E-state index contributed by atoms with van der Waals surface area (Å²) in [5.74, 6) is -0.0978. The number of amides is 1. The molecule has 4 aromatic carbocycles. The predicted octanol–water partition coefficient (Wildman–Crippen LogP) is 6.33. The first-order valence-corrected chi connectivity index (χ1v) is 16.8. The second-order valence-electron chi connectivity index (χ2n) is 12.9. The van der Waals surface area contributed by atoms with Gasteiger partial charge in [-0.05, 0) is 76.8 Å². The smallest absolute Gasteiger partial charge is 0.253 e. The fourth-order valence-corrected chi connectivity index (χ4v) is 6.35. The summed E-state index contributed by atoms with van der Waals surface area (Å²) >= 11 is 0. The SMILES string of the molecule is C[C@H]1[C@@H](CN(C)C[C@@H](O)c2cccc(O)c2)O[C@@H](c2cccc(-c3cccc(CNC(=O)c4cccnc4)c3)c2)O[C@H]1c1ccc(CO)cc1. The zero-order valence-electron chi connectivity index (χ0n) is 28.2. The van der Waals surface area contributed by atoms with Crippen LogP contribution in [0.25, 0.3) is 11.1 Å². The highest BCUT2D eigenvalue weighted by Gasteiger charge is 2.39. The van der Waals surface area contributed by atoms with Gasteiger partial charge in [-0.2, -0.15) is 0 Å². The Balaban J connectivity index is 1.21. The Labute approximate surface area is 292 Å². The molecule has 1 aliphatic heterocycles. The summed E-state index contributed by atoms with van der Waals surface area (Å²) in [5, 5.41) is 33.4. The maximum Gasteiger partial charge on any atom is 0.253 e. The Morgan fingerprint density at radius 3 is 2.38 bits per heavy atom. The van der Waals surface area contributed by atoms with Crippen LogP contribution in [0.1, 0.15) is 63.6 Å². The lowest BCUT2D eigenvalue weighted by Crippen LogP contribution is -2.44. The van der Waals surface area contributed by atoms with E-state index in [0.717, 1.165) is 33.4 Å². The normalized spacial score (nSPS) is 19.6. The Morgan fingerprint density at radius 1 is 0.880 bits per heavy atom. The summed E-state index contributed by atoms with van der Waals surface area (Å²) in [6.07, 6.45) is 1.21. The van der Waals surface area contributed by atoms with Gasteiger partial charge in [0.25, 0.3) is 5.91 Å². The van der Waals surface area contributed by atoms with E-state index in [1.54, 1.807) is 48.8 Å². The lowest BCUT2D eigenvalue weighted by molar-refractivity contribution is -0.276. The van der Waals surface area contributed by atoms with Crippen LogP contribution in [0.15, 0.2) is 122 Å². The zero-order chi connectivity index (χ0) is 35.0. The number of aliphatic hydroxyl groups is 2. The van der Waals surface area contributed by atoms with E-state index >= 15 is 0 Å². The molecule has 6 rings (SSSR count). The molecule has 9 nitrogen and oxygen atoms in total. The van der Waals surface area contributed by atoms with Gasteiger partial charge < -0.3 is 35.0 Å². The molecule has 5 atom stereocenters. The topological polar surface area (TPSA) is 124 Å². The number of hydrogen-bond acceptors (Lipinski definition) is 8. The maximum absolute atomic E-state index is 12.6. The minimum absolute atomic E-state index is 0.0340. The number of nitrogens with one attached hydrogen (secondary N) is 1. The molecule has 0 unspecified atom stereocenters. The first-order chi connectivity index (χ1) is 24.3. The molecule has 1 aromatic heterocycles. The number of phenols is 1. The van der Waals surface area contributed by atoms with Gasteiger partial charge in [0.15, 0.2) is 6.29 Å². The molecule has 0 spiro atoms. The number of hydrogen-bond donors (Lipinski definition) is 4. The number of aromatic nitrogens is 1. The molecule has 1 saturated heterocycles. The van der Waals surface area contributed by atoms with Crippen LogP contribution in [0, 0.1) is 5.92 Å². The predicted molar refractivity (Wildman–Crippen MR) is 191 cm³/mol. The van der Waals surface area contributed by atoms with E-state index in [9.17, 15) is 20.1 Å². The van der Waals surface area contributed by atoms with Crippen molar-refractivity contribution < 1.29 is 29.6 Å². The van der Waals surface area contributed by atoms with Crippen LogP contribution >= 0.6 is 0 Å². The number of rotatable bonds is 12. The highest BCUT2D eigenvalue weighted by molar-refractivity contribution is 5.93. The molecule has 1 amide bonds. The Bertz CT molecular complexity index is 1870. The van der Waals surface area contributed by atoms with Gasteiger partial charge in [0.1, 0.15) is 5.75 Å². The van der Waals surface area contributed by atoms with Crippen LogP contribution in [-0.4, -0.2) is 57.4 Å². The lowest BCUT2D eigenvalue weighted by atomic mass is 9.89. The van der Waals surface area contributed by atoms with Gasteiger partial charge in [-0.1, -0.05) is 79.7 Å². The quantitative estimate of drug-likeness (QED) is 0.121. The second kappa shape index (κ2) is 16.2. The van der Waals surface area contributed by atoms with Crippen molar-refractivity contribution in [3.05, 3.63) is 155 Å². The fourth-order valence-electron chi connectivity index (χ4n) is 6.35. The molecule has 0 aliphatic carbocycles. The molecule has 50 heavy (non-hydrogen) atoms. The number of benzene rings is 4. The van der Waals surface area contributed by atoms with E-state index in [0.29, 0.717) is 30.8 Å². The first kappa shape index (κ1) is 34.9. The number of phenolic OH excluding ortho intramolecular Hbond substituents is 1. The minimum atomic E-state index is -0.782. The highest BCUT2D eigenvalue weighted by atomic mass is 16.7. The van der Waals surface area contributed by atoms with Crippen LogP contribution in [0.5, 0.6) is 5.75 Å². The van der Waals surface area contributed by atoms with E-state index in [4.69, 9.17) is 9.47 Å². The van der Waals surface area contributed by atoms with Crippen molar-refractivity contribution in [2.45, 2.75) is 44.7 Å². The summed E-state index contributed by atoms with van der Waals surface area (Å²) < 4.78 is 13.4. The van der Waals surface area contributed by atoms with Gasteiger partial charge >= 0.3 is 0 Å². The monoisotopic (exact) mass is 673 g/mol. The molecule has 1 aliphatic rings. The minimum Gasteiger partial charge on any atom is -0.508 e. The number of aromatic hydroxyl groups is 1. The van der Waals surface area contributed by atoms with Gasteiger partial charge in [-0.25, -0.2) is 0 Å². The van der Waals surface area contributed by atoms with Crippen LogP contribution < -0.4 is 5.32 Å². The number of aliphatic hydroxyl groups excluding tert-OH is 2. The second-order valence-corrected chi connectivity index (χ2v) is 12.9. The number of pyridine rings is 1. The van der Waals surface area contributed by atoms with Crippen LogP contribution in [-0.2, 0) is 22.6 Å². The molecule has 9 heteroatoms. The number of carbonyl (C=O) groups excluding carboxylic acids is 1. The third-order valence-corrected chi connectivity index (χ3v) is 9.15. The third kappa shape index (κ3) is 8.63. The summed E-state index contributed by atoms with van der Waals surface area (Å²) in [6, 6.07) is 34.2. The van der Waals surface area contributed by atoms with E-state index in [2.05, 4.69) is 29.4 Å². The average molecular weight is 674 g/mol. The average Bonchev–Trinajstić information content (AvgIpc) is 3.15. The van der Waals surface area contributed by atoms with Gasteiger partial charge in [0.2, 0.25) is 0 Å². The molecule has 0 saturated carbocycles. The standard InChI is InChI=1S/C41H43N3O6/c1-27-38(25-44(2)24-37(47)33-10-5-13-36(46)21-33)49-41(50-39(27)30-16-14-28(26-45)15-17-30)34-11-4-9-32(20-34)31-8-3-7-29(19-31)22-43-40(48)35-12-6-18-42-23-35/h3-21,23,27,37-39,41,45-47H,22,24-26H2,1-2H3,(H,43,48)/t27-,37+,38+,39+,41+/m0/s1. The summed E-state index contributed by atoms with van der Waals surface area (Å²) in [7, 11) is 1.95. The van der Waals surface area contributed by atoms with E-state index in [1.807, 2.05) is 72.6 Å². The largest absolute Gasteiger partial charge is 0.508 e. The van der Waals surface area contributed by atoms with Crippen molar-refractivity contribution in [2.75, 3.05) is 20.1 Å². The summed E-state index contributed by atoms with van der Waals surface area (Å²) in [6.45, 7) is 3.34. The molecule has 5 aromatic rings. The van der Waals surface area contributed by atoms with Gasteiger partial charge in [0, 0.05) is 43.5 Å². The Kier molecular flexibility index (Phi) is 11.3. The lowest BCUT2D eigenvalue weighted by Gasteiger charge is -2.42. The van der Waals surface area contributed by atoms with Gasteiger partial charge in [0.05, 0.1) is 30.5 Å². The van der Waals surface area contributed by atoms with Gasteiger partial charge in [-0.15, -0.1) is 0 Å². The molecule has 2 heterocycles. The first-order valence-electron chi connectivity index (χ1n) is 16.8. The van der Waals surface area contributed by atoms with E-state index < -0.39 is 12.4 Å². The maximum atomic E-state index is 12.6.